The van der Waals surface area contributed by atoms with Gasteiger partial charge in [-0.15, -0.1) is 0 Å². The first-order valence-electron chi connectivity index (χ1n) is 5.06. The molecule has 13 heavy (non-hydrogen) atoms. The maximum Gasteiger partial charge on any atom is 0.222 e. The molecular formula is C10H22N2O. The molecule has 3 nitrogen and oxygen atoms in total. The van der Waals surface area contributed by atoms with Crippen LogP contribution in [0.25, 0.3) is 0 Å². The van der Waals surface area contributed by atoms with E-state index in [1.54, 1.807) is 4.90 Å². The summed E-state index contributed by atoms with van der Waals surface area (Å²) in [5.41, 5.74) is 0. The van der Waals surface area contributed by atoms with Gasteiger partial charge in [0, 0.05) is 26.1 Å². The van der Waals surface area contributed by atoms with Crippen molar-refractivity contribution in [2.75, 3.05) is 20.6 Å². The van der Waals surface area contributed by atoms with Gasteiger partial charge in [-0.05, 0) is 19.9 Å². The van der Waals surface area contributed by atoms with Crippen LogP contribution >= 0.6 is 0 Å². The first kappa shape index (κ1) is 12.4. The van der Waals surface area contributed by atoms with Gasteiger partial charge in [0.1, 0.15) is 0 Å². The molecule has 0 aromatic carbocycles. The highest BCUT2D eigenvalue weighted by molar-refractivity contribution is 5.75. The Balaban J connectivity index is 3.67. The average molecular weight is 186 g/mol. The van der Waals surface area contributed by atoms with Crippen molar-refractivity contribution < 1.29 is 4.79 Å². The molecule has 1 N–H and O–H groups in total. The van der Waals surface area contributed by atoms with Gasteiger partial charge in [-0.2, -0.15) is 0 Å². The van der Waals surface area contributed by atoms with Crippen molar-refractivity contribution in [3.8, 4) is 0 Å². The molecule has 0 aliphatic heterocycles. The molecule has 0 rings (SSSR count). The van der Waals surface area contributed by atoms with Gasteiger partial charge in [0.05, 0.1) is 0 Å². The van der Waals surface area contributed by atoms with Gasteiger partial charge in [-0.3, -0.25) is 4.79 Å². The Bertz CT molecular complexity index is 144. The summed E-state index contributed by atoms with van der Waals surface area (Å²) >= 11 is 0. The quantitative estimate of drug-likeness (QED) is 0.677. The van der Waals surface area contributed by atoms with Crippen LogP contribution in [0.4, 0.5) is 0 Å². The smallest absolute Gasteiger partial charge is 0.222 e. The molecule has 0 aliphatic carbocycles. The topological polar surface area (TPSA) is 32.3 Å². The van der Waals surface area contributed by atoms with Gasteiger partial charge in [0.25, 0.3) is 0 Å². The van der Waals surface area contributed by atoms with E-state index in [0.717, 1.165) is 19.4 Å². The summed E-state index contributed by atoms with van der Waals surface area (Å²) in [5.74, 6) is 0.228. The summed E-state index contributed by atoms with van der Waals surface area (Å²) in [6.45, 7) is 4.91. The summed E-state index contributed by atoms with van der Waals surface area (Å²) in [7, 11) is 3.84. The Labute approximate surface area is 81.5 Å². The van der Waals surface area contributed by atoms with E-state index in [2.05, 4.69) is 12.2 Å². The summed E-state index contributed by atoms with van der Waals surface area (Å²) < 4.78 is 0. The average Bonchev–Trinajstić information content (AvgIpc) is 2.17. The van der Waals surface area contributed by atoms with Crippen LogP contribution in [0, 0.1) is 0 Å². The highest BCUT2D eigenvalue weighted by Crippen LogP contribution is 1.99. The normalized spacial score (nSPS) is 12.6. The molecule has 1 amide bonds. The molecule has 0 aliphatic rings. The van der Waals surface area contributed by atoms with Crippen LogP contribution in [-0.2, 0) is 4.79 Å². The van der Waals surface area contributed by atoms with E-state index in [4.69, 9.17) is 0 Å². The molecule has 0 aromatic rings. The fraction of sp³-hybridized carbons (Fsp3) is 0.900. The second-order valence-electron chi connectivity index (χ2n) is 3.35. The monoisotopic (exact) mass is 186 g/mol. The van der Waals surface area contributed by atoms with Crippen molar-refractivity contribution in [1.29, 1.82) is 0 Å². The molecule has 0 fully saturated rings. The van der Waals surface area contributed by atoms with Gasteiger partial charge in [0.15, 0.2) is 0 Å². The Morgan fingerprint density at radius 2 is 2.08 bits per heavy atom. The fourth-order valence-corrected chi connectivity index (χ4v) is 1.30. The van der Waals surface area contributed by atoms with Crippen molar-refractivity contribution in [3.05, 3.63) is 0 Å². The lowest BCUT2D eigenvalue weighted by atomic mass is 10.1. The van der Waals surface area contributed by atoms with E-state index < -0.39 is 0 Å². The molecule has 0 bridgehead atoms. The molecule has 0 spiro atoms. The van der Waals surface area contributed by atoms with Crippen molar-refractivity contribution in [1.82, 2.24) is 10.2 Å². The standard InChI is InChI=1S/C10H22N2O/c1-5-9(11-3)7-8-12(4)10(13)6-2/h9,11H,5-8H2,1-4H3. The summed E-state index contributed by atoms with van der Waals surface area (Å²) in [4.78, 5) is 13.0. The minimum Gasteiger partial charge on any atom is -0.346 e. The zero-order chi connectivity index (χ0) is 10.3. The predicted molar refractivity (Wildman–Crippen MR) is 55.7 cm³/mol. The maximum absolute atomic E-state index is 11.2. The lowest BCUT2D eigenvalue weighted by molar-refractivity contribution is -0.129. The van der Waals surface area contributed by atoms with Gasteiger partial charge in [-0.1, -0.05) is 13.8 Å². The largest absolute Gasteiger partial charge is 0.346 e. The van der Waals surface area contributed by atoms with Crippen LogP contribution in [-0.4, -0.2) is 37.5 Å². The van der Waals surface area contributed by atoms with Gasteiger partial charge >= 0.3 is 0 Å². The second-order valence-corrected chi connectivity index (χ2v) is 3.35. The minimum absolute atomic E-state index is 0.228. The second kappa shape index (κ2) is 6.89. The lowest BCUT2D eigenvalue weighted by Crippen LogP contribution is -2.33. The van der Waals surface area contributed by atoms with E-state index in [9.17, 15) is 4.79 Å². The van der Waals surface area contributed by atoms with Crippen LogP contribution in [0.15, 0.2) is 0 Å². The number of carbonyl (C=O) groups excluding carboxylic acids is 1. The van der Waals surface area contributed by atoms with E-state index in [1.165, 1.54) is 0 Å². The maximum atomic E-state index is 11.2. The SMILES string of the molecule is CCC(=O)N(C)CCC(CC)NC. The first-order valence-corrected chi connectivity index (χ1v) is 5.06. The number of hydrogen-bond donors (Lipinski definition) is 1. The first-order chi connectivity index (χ1) is 6.15. The van der Waals surface area contributed by atoms with E-state index in [0.29, 0.717) is 12.5 Å². The van der Waals surface area contributed by atoms with Crippen molar-refractivity contribution in [3.63, 3.8) is 0 Å². The molecule has 0 aromatic heterocycles. The van der Waals surface area contributed by atoms with E-state index in [1.807, 2.05) is 21.0 Å². The highest BCUT2D eigenvalue weighted by Gasteiger charge is 2.08. The van der Waals surface area contributed by atoms with Gasteiger partial charge in [-0.25, -0.2) is 0 Å². The van der Waals surface area contributed by atoms with Crippen molar-refractivity contribution in [2.45, 2.75) is 39.2 Å². The predicted octanol–water partition coefficient (Wildman–Crippen LogP) is 1.24. The molecule has 3 heteroatoms. The third-order valence-corrected chi connectivity index (χ3v) is 2.44. The zero-order valence-corrected chi connectivity index (χ0v) is 9.26. The summed E-state index contributed by atoms with van der Waals surface area (Å²) in [6, 6.07) is 0.534. The number of nitrogens with zero attached hydrogens (tertiary/aromatic N) is 1. The van der Waals surface area contributed by atoms with Crippen LogP contribution in [0.2, 0.25) is 0 Å². The highest BCUT2D eigenvalue weighted by atomic mass is 16.2. The summed E-state index contributed by atoms with van der Waals surface area (Å²) in [6.07, 6.45) is 2.76. The van der Waals surface area contributed by atoms with Gasteiger partial charge < -0.3 is 10.2 Å². The molecular weight excluding hydrogens is 164 g/mol. The molecule has 1 atom stereocenters. The third-order valence-electron chi connectivity index (χ3n) is 2.44. The number of hydrogen-bond acceptors (Lipinski definition) is 2. The number of amides is 1. The molecule has 0 saturated heterocycles. The lowest BCUT2D eigenvalue weighted by Gasteiger charge is -2.20. The zero-order valence-electron chi connectivity index (χ0n) is 9.26. The Morgan fingerprint density at radius 1 is 1.46 bits per heavy atom. The van der Waals surface area contributed by atoms with E-state index in [-0.39, 0.29) is 5.91 Å². The fourth-order valence-electron chi connectivity index (χ4n) is 1.30. The van der Waals surface area contributed by atoms with Crippen LogP contribution in [0.5, 0.6) is 0 Å². The minimum atomic E-state index is 0.228. The van der Waals surface area contributed by atoms with Crippen molar-refractivity contribution >= 4 is 5.91 Å². The molecule has 0 heterocycles. The van der Waals surface area contributed by atoms with Gasteiger partial charge in [0.2, 0.25) is 5.91 Å². The Morgan fingerprint density at radius 3 is 2.46 bits per heavy atom. The number of carbonyl (C=O) groups is 1. The van der Waals surface area contributed by atoms with Crippen molar-refractivity contribution in [2.24, 2.45) is 0 Å². The van der Waals surface area contributed by atoms with Crippen LogP contribution < -0.4 is 5.32 Å². The molecule has 1 unspecified atom stereocenters. The number of rotatable bonds is 6. The summed E-state index contributed by atoms with van der Waals surface area (Å²) in [5, 5.41) is 3.23. The van der Waals surface area contributed by atoms with Crippen LogP contribution in [0.1, 0.15) is 33.1 Å². The molecule has 0 radical (unpaired) electrons. The van der Waals surface area contributed by atoms with E-state index >= 15 is 0 Å². The molecule has 0 saturated carbocycles. The Kier molecular flexibility index (Phi) is 6.59. The Hall–Kier alpha value is -0.570. The number of nitrogens with one attached hydrogen (secondary N) is 1. The molecule has 78 valence electrons. The van der Waals surface area contributed by atoms with Crippen LogP contribution in [0.3, 0.4) is 0 Å². The third kappa shape index (κ3) is 4.88.